The van der Waals surface area contributed by atoms with Crippen LogP contribution >= 0.6 is 11.3 Å². The van der Waals surface area contributed by atoms with E-state index in [9.17, 15) is 0 Å². The SMILES string of the molecule is CC1(C)c2ccccc2-c2ccc(N(c3ccc(-c4ccccc4)cc3)c3ccc(-c4ccc5c6c(cccc46)-c4nc(-c6ccccc6)sc4-5)cc3)cc21. The van der Waals surface area contributed by atoms with Gasteiger partial charge in [-0.2, -0.15) is 0 Å². The molecule has 2 aliphatic rings. The van der Waals surface area contributed by atoms with Gasteiger partial charge in [-0.05, 0) is 86.3 Å². The third-order valence-electron chi connectivity index (χ3n) is 11.7. The van der Waals surface area contributed by atoms with E-state index < -0.39 is 0 Å². The number of nitrogens with zero attached hydrogens (tertiary/aromatic N) is 2. The van der Waals surface area contributed by atoms with Gasteiger partial charge in [-0.25, -0.2) is 4.98 Å². The Labute approximate surface area is 325 Å². The Morgan fingerprint density at radius 2 is 1.00 bits per heavy atom. The second-order valence-electron chi connectivity index (χ2n) is 15.1. The van der Waals surface area contributed by atoms with Gasteiger partial charge in [0.05, 0.1) is 10.6 Å². The zero-order valence-corrected chi connectivity index (χ0v) is 31.4. The van der Waals surface area contributed by atoms with Crippen molar-refractivity contribution in [3.05, 3.63) is 193 Å². The summed E-state index contributed by atoms with van der Waals surface area (Å²) in [6, 6.07) is 66.4. The molecule has 0 spiro atoms. The molecule has 0 unspecified atom stereocenters. The number of anilines is 3. The largest absolute Gasteiger partial charge is 0.310 e. The number of hydrogen-bond acceptors (Lipinski definition) is 3. The summed E-state index contributed by atoms with van der Waals surface area (Å²) in [6.07, 6.45) is 0. The fourth-order valence-corrected chi connectivity index (χ4v) is 10.1. The molecule has 260 valence electrons. The highest BCUT2D eigenvalue weighted by molar-refractivity contribution is 7.19. The van der Waals surface area contributed by atoms with Crippen molar-refractivity contribution in [1.82, 2.24) is 4.98 Å². The van der Waals surface area contributed by atoms with E-state index in [2.05, 4.69) is 201 Å². The third-order valence-corrected chi connectivity index (χ3v) is 12.8. The van der Waals surface area contributed by atoms with Crippen LogP contribution in [-0.2, 0) is 5.41 Å². The molecule has 3 heteroatoms. The first-order valence-corrected chi connectivity index (χ1v) is 19.8. The highest BCUT2D eigenvalue weighted by atomic mass is 32.1. The second-order valence-corrected chi connectivity index (χ2v) is 16.1. The van der Waals surface area contributed by atoms with Gasteiger partial charge >= 0.3 is 0 Å². The molecule has 0 atom stereocenters. The van der Waals surface area contributed by atoms with Crippen molar-refractivity contribution in [3.63, 3.8) is 0 Å². The highest BCUT2D eigenvalue weighted by Gasteiger charge is 2.36. The fraction of sp³-hybridized carbons (Fsp3) is 0.0577. The van der Waals surface area contributed by atoms with Crippen LogP contribution in [-0.4, -0.2) is 4.98 Å². The van der Waals surface area contributed by atoms with Crippen LogP contribution < -0.4 is 4.90 Å². The van der Waals surface area contributed by atoms with Crippen molar-refractivity contribution in [3.8, 4) is 65.6 Å². The molecule has 0 aliphatic heterocycles. The van der Waals surface area contributed by atoms with E-state index in [-0.39, 0.29) is 5.41 Å². The minimum atomic E-state index is -0.0909. The molecular formula is C52H36N2S. The molecule has 0 fully saturated rings. The summed E-state index contributed by atoms with van der Waals surface area (Å²) >= 11 is 1.79. The first kappa shape index (κ1) is 31.9. The first-order valence-electron chi connectivity index (χ1n) is 19.0. The maximum absolute atomic E-state index is 5.17. The predicted octanol–water partition coefficient (Wildman–Crippen LogP) is 14.7. The summed E-state index contributed by atoms with van der Waals surface area (Å²) in [5.41, 5.74) is 18.4. The van der Waals surface area contributed by atoms with Gasteiger partial charge in [-0.15, -0.1) is 11.3 Å². The normalized spacial score (nSPS) is 13.1. The Kier molecular flexibility index (Phi) is 7.11. The topological polar surface area (TPSA) is 16.1 Å². The van der Waals surface area contributed by atoms with Gasteiger partial charge in [0.25, 0.3) is 0 Å². The maximum atomic E-state index is 5.17. The molecule has 0 N–H and O–H groups in total. The molecule has 8 aromatic carbocycles. The molecule has 0 saturated heterocycles. The first-order chi connectivity index (χ1) is 27.0. The molecule has 11 rings (SSSR count). The maximum Gasteiger partial charge on any atom is 0.124 e. The van der Waals surface area contributed by atoms with Gasteiger partial charge in [0.2, 0.25) is 0 Å². The van der Waals surface area contributed by atoms with Crippen molar-refractivity contribution < 1.29 is 0 Å². The summed E-state index contributed by atoms with van der Waals surface area (Å²) in [5.74, 6) is 0. The number of benzene rings is 8. The zero-order valence-electron chi connectivity index (χ0n) is 30.6. The Bertz CT molecular complexity index is 2890. The molecule has 0 amide bonds. The molecule has 0 bridgehead atoms. The average Bonchev–Trinajstić information content (AvgIpc) is 3.88. The Morgan fingerprint density at radius 3 is 1.75 bits per heavy atom. The zero-order chi connectivity index (χ0) is 36.7. The van der Waals surface area contributed by atoms with Gasteiger partial charge in [0.1, 0.15) is 5.01 Å². The van der Waals surface area contributed by atoms with Crippen molar-refractivity contribution >= 4 is 39.2 Å². The number of hydrogen-bond donors (Lipinski definition) is 0. The van der Waals surface area contributed by atoms with E-state index in [4.69, 9.17) is 4.98 Å². The van der Waals surface area contributed by atoms with E-state index >= 15 is 0 Å². The quantitative estimate of drug-likeness (QED) is 0.170. The predicted molar refractivity (Wildman–Crippen MR) is 233 cm³/mol. The van der Waals surface area contributed by atoms with Gasteiger partial charge in [0, 0.05) is 44.6 Å². The van der Waals surface area contributed by atoms with Gasteiger partial charge in [-0.1, -0.05) is 159 Å². The van der Waals surface area contributed by atoms with Gasteiger partial charge in [0.15, 0.2) is 0 Å². The van der Waals surface area contributed by atoms with Crippen molar-refractivity contribution in [2.75, 3.05) is 4.90 Å². The summed E-state index contributed by atoms with van der Waals surface area (Å²) in [7, 11) is 0. The Balaban J connectivity index is 0.996. The van der Waals surface area contributed by atoms with Crippen LogP contribution in [0.3, 0.4) is 0 Å². The van der Waals surface area contributed by atoms with E-state index in [0.717, 1.165) is 27.8 Å². The molecule has 2 nitrogen and oxygen atoms in total. The van der Waals surface area contributed by atoms with E-state index in [1.807, 2.05) is 0 Å². The van der Waals surface area contributed by atoms with Crippen molar-refractivity contribution in [1.29, 1.82) is 0 Å². The number of aromatic nitrogens is 1. The Morgan fingerprint density at radius 1 is 0.436 bits per heavy atom. The molecule has 0 saturated carbocycles. The molecule has 0 radical (unpaired) electrons. The highest BCUT2D eigenvalue weighted by Crippen LogP contribution is 2.53. The van der Waals surface area contributed by atoms with Crippen LogP contribution in [0, 0.1) is 0 Å². The smallest absolute Gasteiger partial charge is 0.124 e. The third kappa shape index (κ3) is 4.97. The van der Waals surface area contributed by atoms with Crippen LogP contribution in [0.15, 0.2) is 182 Å². The van der Waals surface area contributed by atoms with Crippen LogP contribution in [0.2, 0.25) is 0 Å². The summed E-state index contributed by atoms with van der Waals surface area (Å²) in [6.45, 7) is 4.70. The van der Waals surface area contributed by atoms with Crippen LogP contribution in [0.4, 0.5) is 17.1 Å². The van der Waals surface area contributed by atoms with Gasteiger partial charge < -0.3 is 4.90 Å². The second kappa shape index (κ2) is 12.2. The lowest BCUT2D eigenvalue weighted by Crippen LogP contribution is -2.16. The average molecular weight is 721 g/mol. The molecule has 55 heavy (non-hydrogen) atoms. The summed E-state index contributed by atoms with van der Waals surface area (Å²) in [5, 5.41) is 3.64. The van der Waals surface area contributed by atoms with Crippen LogP contribution in [0.25, 0.3) is 76.4 Å². The van der Waals surface area contributed by atoms with Crippen LogP contribution in [0.5, 0.6) is 0 Å². The van der Waals surface area contributed by atoms with E-state index in [0.29, 0.717) is 0 Å². The van der Waals surface area contributed by atoms with Crippen molar-refractivity contribution in [2.45, 2.75) is 19.3 Å². The van der Waals surface area contributed by atoms with Crippen LogP contribution in [0.1, 0.15) is 25.0 Å². The number of thiazole rings is 1. The monoisotopic (exact) mass is 720 g/mol. The molecule has 2 aliphatic carbocycles. The lowest BCUT2D eigenvalue weighted by Gasteiger charge is -2.28. The summed E-state index contributed by atoms with van der Waals surface area (Å²) in [4.78, 5) is 8.84. The molecule has 1 aromatic heterocycles. The standard InChI is InChI=1S/C52H36N2S/c1-52(2)46-19-10-9-16-41(46)42-29-28-39(32-47(42)52)54(37-24-20-34(21-25-37)33-12-5-3-6-13-33)38-26-22-35(23-27-38)40-30-31-45-48-43(40)17-11-18-44(48)49-50(45)55-51(53-49)36-14-7-4-8-15-36/h3-32H,1-2H3. The number of rotatable bonds is 6. The number of fused-ring (bicyclic) bond motifs is 6. The fourth-order valence-electron chi connectivity index (χ4n) is 8.94. The lowest BCUT2D eigenvalue weighted by molar-refractivity contribution is 0.660. The van der Waals surface area contributed by atoms with Crippen molar-refractivity contribution in [2.24, 2.45) is 0 Å². The molecular weight excluding hydrogens is 685 g/mol. The van der Waals surface area contributed by atoms with E-state index in [1.54, 1.807) is 11.3 Å². The van der Waals surface area contributed by atoms with Gasteiger partial charge in [-0.3, -0.25) is 0 Å². The molecule has 1 heterocycles. The minimum Gasteiger partial charge on any atom is -0.310 e. The lowest BCUT2D eigenvalue weighted by atomic mass is 9.82. The van der Waals surface area contributed by atoms with E-state index in [1.165, 1.54) is 76.8 Å². The minimum absolute atomic E-state index is 0.0909. The Hall–Kier alpha value is -6.55. The molecule has 9 aromatic rings. The summed E-state index contributed by atoms with van der Waals surface area (Å²) < 4.78 is 0.